The lowest BCUT2D eigenvalue weighted by Crippen LogP contribution is -2.44. The van der Waals surface area contributed by atoms with E-state index in [1.54, 1.807) is 18.2 Å². The van der Waals surface area contributed by atoms with E-state index in [2.05, 4.69) is 4.74 Å². The Balaban J connectivity index is 2.19. The number of nitro benzene ring substituents is 1. The number of halogens is 1. The maximum atomic E-state index is 15.5. The van der Waals surface area contributed by atoms with Crippen LogP contribution < -0.4 is 0 Å². The number of nitro groups is 1. The SMILES string of the molecule is COC(=O)[C@@]1(F)C(=O)c2ccccc2[C@H]1c1ccc([N+](=O)[O-])cc1. The second-order valence-corrected chi connectivity index (χ2v) is 5.40. The topological polar surface area (TPSA) is 86.5 Å². The lowest BCUT2D eigenvalue weighted by Gasteiger charge is -2.24. The number of benzene rings is 2. The minimum Gasteiger partial charge on any atom is -0.466 e. The molecule has 0 aliphatic heterocycles. The molecule has 0 fully saturated rings. The van der Waals surface area contributed by atoms with Gasteiger partial charge in [-0.2, -0.15) is 0 Å². The van der Waals surface area contributed by atoms with E-state index in [1.807, 2.05) is 0 Å². The fraction of sp³-hybridized carbons (Fsp3) is 0.176. The third-order valence-corrected chi connectivity index (χ3v) is 4.16. The van der Waals surface area contributed by atoms with Crippen LogP contribution in [0.15, 0.2) is 48.5 Å². The number of non-ortho nitro benzene ring substituents is 1. The zero-order valence-corrected chi connectivity index (χ0v) is 12.6. The van der Waals surface area contributed by atoms with Crippen LogP contribution in [0.2, 0.25) is 0 Å². The van der Waals surface area contributed by atoms with Crippen molar-refractivity contribution >= 4 is 17.4 Å². The lowest BCUT2D eigenvalue weighted by molar-refractivity contribution is -0.384. The molecule has 2 atom stereocenters. The summed E-state index contributed by atoms with van der Waals surface area (Å²) in [6.45, 7) is 0. The molecule has 2 aromatic carbocycles. The predicted molar refractivity (Wildman–Crippen MR) is 81.6 cm³/mol. The highest BCUT2D eigenvalue weighted by molar-refractivity contribution is 6.20. The maximum Gasteiger partial charge on any atom is 0.352 e. The van der Waals surface area contributed by atoms with E-state index in [0.717, 1.165) is 7.11 Å². The molecule has 1 aliphatic rings. The van der Waals surface area contributed by atoms with Crippen LogP contribution >= 0.6 is 0 Å². The summed E-state index contributed by atoms with van der Waals surface area (Å²) in [6, 6.07) is 11.3. The molecule has 24 heavy (non-hydrogen) atoms. The minimum atomic E-state index is -2.89. The van der Waals surface area contributed by atoms with Gasteiger partial charge in [0, 0.05) is 17.7 Å². The standard InChI is InChI=1S/C17H12FNO5/c1-24-16(21)17(18)14(10-6-8-11(9-7-10)19(22)23)12-4-2-3-5-13(12)15(17)20/h2-9,14H,1H3/t14-,17+/m1/s1. The summed E-state index contributed by atoms with van der Waals surface area (Å²) < 4.78 is 20.1. The van der Waals surface area contributed by atoms with Gasteiger partial charge in [-0.15, -0.1) is 0 Å². The molecule has 0 radical (unpaired) electrons. The zero-order valence-electron chi connectivity index (χ0n) is 12.6. The van der Waals surface area contributed by atoms with Crippen LogP contribution in [0.3, 0.4) is 0 Å². The number of ketones is 1. The molecule has 2 aromatic rings. The third kappa shape index (κ3) is 2.09. The number of carbonyl (C=O) groups is 2. The van der Waals surface area contributed by atoms with Gasteiger partial charge in [0.15, 0.2) is 0 Å². The van der Waals surface area contributed by atoms with E-state index in [1.165, 1.54) is 30.3 Å². The predicted octanol–water partition coefficient (Wildman–Crippen LogP) is 2.80. The molecule has 7 heteroatoms. The number of hydrogen-bond acceptors (Lipinski definition) is 5. The summed E-state index contributed by atoms with van der Waals surface area (Å²) in [5, 5.41) is 10.8. The van der Waals surface area contributed by atoms with Gasteiger partial charge < -0.3 is 4.74 Å². The summed E-state index contributed by atoms with van der Waals surface area (Å²) >= 11 is 0. The first-order chi connectivity index (χ1) is 11.4. The first-order valence-electron chi connectivity index (χ1n) is 7.06. The van der Waals surface area contributed by atoms with Gasteiger partial charge in [-0.05, 0) is 11.1 Å². The minimum absolute atomic E-state index is 0.105. The maximum absolute atomic E-state index is 15.5. The van der Waals surface area contributed by atoms with Crippen molar-refractivity contribution in [1.29, 1.82) is 0 Å². The summed E-state index contributed by atoms with van der Waals surface area (Å²) in [4.78, 5) is 34.7. The normalized spacial score (nSPS) is 22.1. The van der Waals surface area contributed by atoms with Crippen LogP contribution in [0.25, 0.3) is 0 Å². The highest BCUT2D eigenvalue weighted by Crippen LogP contribution is 2.48. The fourth-order valence-corrected chi connectivity index (χ4v) is 3.05. The molecule has 122 valence electrons. The molecule has 0 amide bonds. The Kier molecular flexibility index (Phi) is 3.63. The van der Waals surface area contributed by atoms with E-state index in [4.69, 9.17) is 0 Å². The zero-order chi connectivity index (χ0) is 17.5. The first-order valence-corrected chi connectivity index (χ1v) is 7.06. The molecule has 0 aromatic heterocycles. The number of Topliss-reactive ketones (excluding diaryl/α,β-unsaturated/α-hetero) is 1. The highest BCUT2D eigenvalue weighted by Gasteiger charge is 2.61. The smallest absolute Gasteiger partial charge is 0.352 e. The van der Waals surface area contributed by atoms with Gasteiger partial charge in [0.1, 0.15) is 0 Å². The average molecular weight is 329 g/mol. The van der Waals surface area contributed by atoms with Gasteiger partial charge in [-0.1, -0.05) is 36.4 Å². The van der Waals surface area contributed by atoms with Crippen LogP contribution in [0.1, 0.15) is 27.4 Å². The van der Waals surface area contributed by atoms with Gasteiger partial charge in [0.05, 0.1) is 18.0 Å². The van der Waals surface area contributed by atoms with Gasteiger partial charge in [-0.25, -0.2) is 9.18 Å². The molecule has 1 aliphatic carbocycles. The third-order valence-electron chi connectivity index (χ3n) is 4.16. The van der Waals surface area contributed by atoms with Crippen LogP contribution in [-0.2, 0) is 9.53 Å². The number of esters is 1. The number of ether oxygens (including phenoxy) is 1. The van der Waals surface area contributed by atoms with Gasteiger partial charge >= 0.3 is 5.97 Å². The second-order valence-electron chi connectivity index (χ2n) is 5.40. The van der Waals surface area contributed by atoms with E-state index in [-0.39, 0.29) is 16.8 Å². The van der Waals surface area contributed by atoms with Crippen molar-refractivity contribution in [2.75, 3.05) is 7.11 Å². The molecule has 0 unspecified atom stereocenters. The van der Waals surface area contributed by atoms with Crippen LogP contribution in [-0.4, -0.2) is 29.5 Å². The molecule has 0 saturated carbocycles. The molecule has 6 nitrogen and oxygen atoms in total. The molecule has 0 spiro atoms. The summed E-state index contributed by atoms with van der Waals surface area (Å²) in [6.07, 6.45) is 0. The molecular formula is C17H12FNO5. The molecular weight excluding hydrogens is 317 g/mol. The van der Waals surface area contributed by atoms with Crippen molar-refractivity contribution in [2.45, 2.75) is 11.6 Å². The second kappa shape index (κ2) is 5.52. The Morgan fingerprint density at radius 2 is 1.83 bits per heavy atom. The fourth-order valence-electron chi connectivity index (χ4n) is 3.05. The Hall–Kier alpha value is -3.09. The largest absolute Gasteiger partial charge is 0.466 e. The number of alkyl halides is 1. The van der Waals surface area contributed by atoms with E-state index < -0.39 is 28.3 Å². The average Bonchev–Trinajstić information content (AvgIpc) is 2.83. The highest BCUT2D eigenvalue weighted by atomic mass is 19.1. The monoisotopic (exact) mass is 329 g/mol. The number of carbonyl (C=O) groups excluding carboxylic acids is 2. The lowest BCUT2D eigenvalue weighted by atomic mass is 9.83. The number of rotatable bonds is 3. The Bertz CT molecular complexity index is 848. The van der Waals surface area contributed by atoms with Crippen LogP contribution in [0.4, 0.5) is 10.1 Å². The van der Waals surface area contributed by atoms with Gasteiger partial charge in [0.2, 0.25) is 5.78 Å². The first kappa shape index (κ1) is 15.8. The van der Waals surface area contributed by atoms with Crippen molar-refractivity contribution in [3.63, 3.8) is 0 Å². The summed E-state index contributed by atoms with van der Waals surface area (Å²) in [5.74, 6) is -3.46. The van der Waals surface area contributed by atoms with Crippen LogP contribution in [0, 0.1) is 10.1 Å². The van der Waals surface area contributed by atoms with Crippen molar-refractivity contribution in [3.8, 4) is 0 Å². The molecule has 0 saturated heterocycles. The van der Waals surface area contributed by atoms with Crippen LogP contribution in [0.5, 0.6) is 0 Å². The Labute approximate surface area is 136 Å². The van der Waals surface area contributed by atoms with Crippen molar-refractivity contribution in [2.24, 2.45) is 0 Å². The van der Waals surface area contributed by atoms with Crippen molar-refractivity contribution in [3.05, 3.63) is 75.3 Å². The Morgan fingerprint density at radius 3 is 2.42 bits per heavy atom. The molecule has 3 rings (SSSR count). The summed E-state index contributed by atoms with van der Waals surface area (Å²) in [7, 11) is 1.01. The molecule has 0 N–H and O–H groups in total. The number of nitrogens with zero attached hydrogens (tertiary/aromatic N) is 1. The van der Waals surface area contributed by atoms with Gasteiger partial charge in [0.25, 0.3) is 11.4 Å². The molecule has 0 heterocycles. The van der Waals surface area contributed by atoms with Crippen molar-refractivity contribution in [1.82, 2.24) is 0 Å². The summed E-state index contributed by atoms with van der Waals surface area (Å²) in [5.41, 5.74) is -2.32. The van der Waals surface area contributed by atoms with E-state index >= 15 is 4.39 Å². The van der Waals surface area contributed by atoms with E-state index in [0.29, 0.717) is 5.56 Å². The number of hydrogen-bond donors (Lipinski definition) is 0. The van der Waals surface area contributed by atoms with Gasteiger partial charge in [-0.3, -0.25) is 14.9 Å². The van der Waals surface area contributed by atoms with E-state index in [9.17, 15) is 19.7 Å². The Morgan fingerprint density at radius 1 is 1.21 bits per heavy atom. The molecule has 0 bridgehead atoms. The van der Waals surface area contributed by atoms with Crippen molar-refractivity contribution < 1.29 is 23.6 Å². The number of fused-ring (bicyclic) bond motifs is 1. The number of methoxy groups -OCH3 is 1. The quantitative estimate of drug-likeness (QED) is 0.374.